The lowest BCUT2D eigenvalue weighted by Crippen LogP contribution is -2.33. The third kappa shape index (κ3) is 1.25. The Labute approximate surface area is 109 Å². The van der Waals surface area contributed by atoms with Gasteiger partial charge in [-0.3, -0.25) is 4.79 Å². The van der Waals surface area contributed by atoms with Gasteiger partial charge in [-0.25, -0.2) is 0 Å². The molecule has 88 valence electrons. The van der Waals surface area contributed by atoms with Crippen molar-refractivity contribution in [2.75, 3.05) is 0 Å². The van der Waals surface area contributed by atoms with E-state index in [2.05, 4.69) is 0 Å². The lowest BCUT2D eigenvalue weighted by molar-refractivity contribution is -0.120. The minimum atomic E-state index is -0.728. The van der Waals surface area contributed by atoms with Crippen LogP contribution in [0.25, 0.3) is 0 Å². The molecule has 2 aliphatic carbocycles. The number of aryl methyl sites for hydroxylation is 1. The van der Waals surface area contributed by atoms with E-state index in [1.807, 2.05) is 24.3 Å². The largest absolute Gasteiger partial charge is 0.369 e. The first kappa shape index (κ1) is 11.1. The Balaban J connectivity index is 2.27. The van der Waals surface area contributed by atoms with E-state index in [4.69, 9.17) is 28.9 Å². The number of halogens is 2. The minimum Gasteiger partial charge on any atom is -0.369 e. The molecule has 1 aromatic carbocycles. The van der Waals surface area contributed by atoms with E-state index in [-0.39, 0.29) is 16.3 Å². The second-order valence-electron chi connectivity index (χ2n) is 4.59. The number of rotatable bonds is 1. The van der Waals surface area contributed by atoms with E-state index in [0.29, 0.717) is 0 Å². The number of fused-ring (bicyclic) bond motifs is 3. The summed E-state index contributed by atoms with van der Waals surface area (Å²) in [5.74, 6) is -0.247. The number of hydrogen-bond acceptors (Lipinski definition) is 1. The molecule has 2 atom stereocenters. The molecule has 0 aliphatic heterocycles. The average Bonchev–Trinajstić information content (AvgIpc) is 2.99. The molecule has 17 heavy (non-hydrogen) atoms. The van der Waals surface area contributed by atoms with Crippen LogP contribution < -0.4 is 5.73 Å². The van der Waals surface area contributed by atoms with Crippen LogP contribution in [0, 0.1) is 5.92 Å². The predicted octanol–water partition coefficient (Wildman–Crippen LogP) is 2.67. The molecule has 1 amide bonds. The van der Waals surface area contributed by atoms with Crippen molar-refractivity contribution in [1.29, 1.82) is 0 Å². The number of benzene rings is 1. The second kappa shape index (κ2) is 3.50. The Morgan fingerprint density at radius 3 is 2.71 bits per heavy atom. The quantitative estimate of drug-likeness (QED) is 0.836. The molecule has 2 nitrogen and oxygen atoms in total. The topological polar surface area (TPSA) is 43.1 Å². The maximum Gasteiger partial charge on any atom is 0.232 e. The summed E-state index contributed by atoms with van der Waals surface area (Å²) in [4.78, 5) is 11.9. The standard InChI is InChI=1S/C13H11Cl2NO/c14-11(15)10-9-6-5-7-3-1-2-4-8(7)13(9,10)12(16)17/h1-4,9H,5-6H2,(H2,16,17). The number of amides is 1. The summed E-state index contributed by atoms with van der Waals surface area (Å²) < 4.78 is 0.200. The molecule has 0 spiro atoms. The lowest BCUT2D eigenvalue weighted by Gasteiger charge is -2.22. The molecule has 1 saturated carbocycles. The molecule has 0 bridgehead atoms. The zero-order chi connectivity index (χ0) is 12.2. The van der Waals surface area contributed by atoms with Crippen LogP contribution in [0.4, 0.5) is 0 Å². The fourth-order valence-electron chi connectivity index (χ4n) is 3.23. The van der Waals surface area contributed by atoms with Crippen LogP contribution in [0.2, 0.25) is 0 Å². The highest BCUT2D eigenvalue weighted by Crippen LogP contribution is 2.66. The molecule has 4 heteroatoms. The first-order valence-corrected chi connectivity index (χ1v) is 6.29. The lowest BCUT2D eigenvalue weighted by atomic mass is 9.81. The van der Waals surface area contributed by atoms with Crippen LogP contribution in [0.15, 0.2) is 34.3 Å². The zero-order valence-corrected chi connectivity index (χ0v) is 10.6. The third-order valence-corrected chi connectivity index (χ3v) is 4.36. The predicted molar refractivity (Wildman–Crippen MR) is 67.9 cm³/mol. The van der Waals surface area contributed by atoms with E-state index in [9.17, 15) is 4.79 Å². The van der Waals surface area contributed by atoms with Gasteiger partial charge in [0.2, 0.25) is 5.91 Å². The molecule has 2 N–H and O–H groups in total. The molecular formula is C13H11Cl2NO. The first-order chi connectivity index (χ1) is 8.10. The second-order valence-corrected chi connectivity index (χ2v) is 5.54. The summed E-state index contributed by atoms with van der Waals surface area (Å²) in [5, 5.41) is 0. The van der Waals surface area contributed by atoms with E-state index in [1.54, 1.807) is 0 Å². The number of nitrogens with two attached hydrogens (primary N) is 1. The Morgan fingerprint density at radius 1 is 1.35 bits per heavy atom. The summed E-state index contributed by atoms with van der Waals surface area (Å²) >= 11 is 11.8. The fraction of sp³-hybridized carbons (Fsp3) is 0.308. The van der Waals surface area contributed by atoms with Crippen molar-refractivity contribution >= 4 is 29.1 Å². The molecule has 1 fully saturated rings. The van der Waals surface area contributed by atoms with Gasteiger partial charge in [0.1, 0.15) is 9.91 Å². The zero-order valence-electron chi connectivity index (χ0n) is 9.04. The molecule has 0 heterocycles. The van der Waals surface area contributed by atoms with Crippen molar-refractivity contribution in [1.82, 2.24) is 0 Å². The third-order valence-electron chi connectivity index (χ3n) is 3.95. The summed E-state index contributed by atoms with van der Waals surface area (Å²) in [6, 6.07) is 7.89. The SMILES string of the molecule is NC(=O)C12C(=C(Cl)Cl)C1CCc1ccccc12. The van der Waals surface area contributed by atoms with Crippen LogP contribution >= 0.6 is 23.2 Å². The van der Waals surface area contributed by atoms with E-state index >= 15 is 0 Å². The fourth-order valence-corrected chi connectivity index (χ4v) is 3.79. The van der Waals surface area contributed by atoms with Crippen LogP contribution in [0.1, 0.15) is 17.5 Å². The molecule has 3 rings (SSSR count). The van der Waals surface area contributed by atoms with Gasteiger partial charge in [0.25, 0.3) is 0 Å². The molecule has 0 aromatic heterocycles. The highest BCUT2D eigenvalue weighted by Gasteiger charge is 2.68. The van der Waals surface area contributed by atoms with Crippen molar-refractivity contribution in [2.45, 2.75) is 18.3 Å². The number of carbonyl (C=O) groups is 1. The van der Waals surface area contributed by atoms with Crippen molar-refractivity contribution < 1.29 is 4.79 Å². The number of hydrogen-bond donors (Lipinski definition) is 1. The maximum atomic E-state index is 11.9. The van der Waals surface area contributed by atoms with Gasteiger partial charge in [0.15, 0.2) is 0 Å². The first-order valence-electron chi connectivity index (χ1n) is 5.54. The molecule has 2 unspecified atom stereocenters. The van der Waals surface area contributed by atoms with Crippen LogP contribution in [-0.4, -0.2) is 5.91 Å². The maximum absolute atomic E-state index is 11.9. The number of primary amides is 1. The summed E-state index contributed by atoms with van der Waals surface area (Å²) in [7, 11) is 0. The van der Waals surface area contributed by atoms with Gasteiger partial charge in [-0.2, -0.15) is 0 Å². The van der Waals surface area contributed by atoms with Gasteiger partial charge in [-0.15, -0.1) is 0 Å². The van der Waals surface area contributed by atoms with Gasteiger partial charge in [0, 0.05) is 5.92 Å². The van der Waals surface area contributed by atoms with Gasteiger partial charge in [-0.1, -0.05) is 47.5 Å². The van der Waals surface area contributed by atoms with Crippen LogP contribution in [0.5, 0.6) is 0 Å². The highest BCUT2D eigenvalue weighted by atomic mass is 35.5. The van der Waals surface area contributed by atoms with Crippen LogP contribution in [0.3, 0.4) is 0 Å². The molecule has 2 aliphatic rings. The Bertz CT molecular complexity index is 548. The van der Waals surface area contributed by atoms with Gasteiger partial charge in [0.05, 0.1) is 0 Å². The van der Waals surface area contributed by atoms with Gasteiger partial charge >= 0.3 is 0 Å². The van der Waals surface area contributed by atoms with E-state index in [1.165, 1.54) is 5.56 Å². The molecule has 1 aromatic rings. The molecular weight excluding hydrogens is 257 g/mol. The van der Waals surface area contributed by atoms with Crippen molar-refractivity contribution in [3.63, 3.8) is 0 Å². The summed E-state index contributed by atoms with van der Waals surface area (Å²) in [6.07, 6.45) is 1.83. The van der Waals surface area contributed by atoms with Gasteiger partial charge < -0.3 is 5.73 Å². The van der Waals surface area contributed by atoms with Crippen molar-refractivity contribution in [2.24, 2.45) is 11.7 Å². The molecule has 0 radical (unpaired) electrons. The number of carbonyl (C=O) groups excluding carboxylic acids is 1. The minimum absolute atomic E-state index is 0.0971. The van der Waals surface area contributed by atoms with Crippen LogP contribution in [-0.2, 0) is 16.6 Å². The van der Waals surface area contributed by atoms with Crippen molar-refractivity contribution in [3.8, 4) is 0 Å². The monoisotopic (exact) mass is 267 g/mol. The summed E-state index contributed by atoms with van der Waals surface area (Å²) in [6.45, 7) is 0. The van der Waals surface area contributed by atoms with E-state index < -0.39 is 5.41 Å². The average molecular weight is 268 g/mol. The highest BCUT2D eigenvalue weighted by molar-refractivity contribution is 6.56. The molecule has 0 saturated heterocycles. The summed E-state index contributed by atoms with van der Waals surface area (Å²) in [5.41, 5.74) is 7.83. The van der Waals surface area contributed by atoms with Crippen molar-refractivity contribution in [3.05, 3.63) is 45.5 Å². The normalized spacial score (nSPS) is 29.3. The Kier molecular flexibility index (Phi) is 2.29. The smallest absolute Gasteiger partial charge is 0.232 e. The Morgan fingerprint density at radius 2 is 2.06 bits per heavy atom. The Hall–Kier alpha value is -0.990. The van der Waals surface area contributed by atoms with Gasteiger partial charge in [-0.05, 0) is 29.5 Å². The van der Waals surface area contributed by atoms with E-state index in [0.717, 1.165) is 24.0 Å².